The Kier molecular flexibility index (Phi) is 4.05. The van der Waals surface area contributed by atoms with E-state index in [0.29, 0.717) is 24.3 Å². The minimum atomic E-state index is -0.550. The van der Waals surface area contributed by atoms with Gasteiger partial charge in [-0.25, -0.2) is 0 Å². The van der Waals surface area contributed by atoms with Gasteiger partial charge in [-0.2, -0.15) is 0 Å². The van der Waals surface area contributed by atoms with Gasteiger partial charge in [0.1, 0.15) is 5.69 Å². The van der Waals surface area contributed by atoms with Gasteiger partial charge in [0.15, 0.2) is 0 Å². The SMILES string of the molecule is NC(=O)c1c[nH]c(C(=O)N2Cc3ccccc3[C@@H](c3ccccc3)C2)c1. The molecule has 2 aromatic carbocycles. The van der Waals surface area contributed by atoms with Gasteiger partial charge in [0.25, 0.3) is 5.91 Å². The lowest BCUT2D eigenvalue weighted by Crippen LogP contribution is -2.38. The standard InChI is InChI=1S/C21H19N3O2/c22-20(25)16-10-19(23-11-16)21(26)24-12-15-8-4-5-9-17(15)18(13-24)14-6-2-1-3-7-14/h1-11,18,23H,12-13H2,(H2,22,25)/t18-/m1/s1. The Morgan fingerprint density at radius 1 is 1.04 bits per heavy atom. The number of rotatable bonds is 3. The van der Waals surface area contributed by atoms with Crippen molar-refractivity contribution in [1.82, 2.24) is 9.88 Å². The molecule has 3 N–H and O–H groups in total. The molecule has 3 aromatic rings. The normalized spacial score (nSPS) is 16.2. The topological polar surface area (TPSA) is 79.2 Å². The molecule has 0 unspecified atom stereocenters. The van der Waals surface area contributed by atoms with E-state index in [9.17, 15) is 9.59 Å². The van der Waals surface area contributed by atoms with Crippen LogP contribution in [-0.2, 0) is 6.54 Å². The Balaban J connectivity index is 1.68. The molecule has 0 spiro atoms. The zero-order valence-electron chi connectivity index (χ0n) is 14.2. The van der Waals surface area contributed by atoms with Crippen LogP contribution in [0.3, 0.4) is 0 Å². The van der Waals surface area contributed by atoms with E-state index in [0.717, 1.165) is 5.56 Å². The Morgan fingerprint density at radius 3 is 2.50 bits per heavy atom. The average Bonchev–Trinajstić information content (AvgIpc) is 3.18. The smallest absolute Gasteiger partial charge is 0.270 e. The van der Waals surface area contributed by atoms with Crippen LogP contribution in [-0.4, -0.2) is 28.2 Å². The highest BCUT2D eigenvalue weighted by atomic mass is 16.2. The van der Waals surface area contributed by atoms with E-state index in [1.807, 2.05) is 35.2 Å². The van der Waals surface area contributed by atoms with Crippen molar-refractivity contribution in [1.29, 1.82) is 0 Å². The third-order valence-corrected chi connectivity index (χ3v) is 4.88. The summed E-state index contributed by atoms with van der Waals surface area (Å²) in [4.78, 5) is 28.9. The van der Waals surface area contributed by atoms with Crippen molar-refractivity contribution in [2.75, 3.05) is 6.54 Å². The molecule has 5 nitrogen and oxygen atoms in total. The number of H-pyrrole nitrogens is 1. The number of carbonyl (C=O) groups is 2. The molecule has 0 fully saturated rings. The first kappa shape index (κ1) is 16.1. The van der Waals surface area contributed by atoms with Gasteiger partial charge in [0.2, 0.25) is 5.91 Å². The third-order valence-electron chi connectivity index (χ3n) is 4.88. The molecule has 130 valence electrons. The lowest BCUT2D eigenvalue weighted by Gasteiger charge is -2.35. The minimum Gasteiger partial charge on any atom is -0.366 e. The Morgan fingerprint density at radius 2 is 1.77 bits per heavy atom. The second-order valence-corrected chi connectivity index (χ2v) is 6.51. The van der Waals surface area contributed by atoms with Gasteiger partial charge in [0.05, 0.1) is 5.56 Å². The van der Waals surface area contributed by atoms with Gasteiger partial charge in [0, 0.05) is 25.2 Å². The number of fused-ring (bicyclic) bond motifs is 1. The lowest BCUT2D eigenvalue weighted by molar-refractivity contribution is 0.0719. The van der Waals surface area contributed by atoms with Crippen molar-refractivity contribution >= 4 is 11.8 Å². The second-order valence-electron chi connectivity index (χ2n) is 6.51. The van der Waals surface area contributed by atoms with Crippen LogP contribution >= 0.6 is 0 Å². The highest BCUT2D eigenvalue weighted by Crippen LogP contribution is 2.33. The van der Waals surface area contributed by atoms with Gasteiger partial charge in [-0.1, -0.05) is 54.6 Å². The molecule has 0 saturated heterocycles. The molecule has 1 atom stereocenters. The zero-order valence-corrected chi connectivity index (χ0v) is 14.2. The fourth-order valence-corrected chi connectivity index (χ4v) is 3.56. The lowest BCUT2D eigenvalue weighted by atomic mass is 9.84. The van der Waals surface area contributed by atoms with Gasteiger partial charge in [-0.3, -0.25) is 9.59 Å². The van der Waals surface area contributed by atoms with Crippen molar-refractivity contribution in [3.05, 3.63) is 94.8 Å². The predicted octanol–water partition coefficient (Wildman–Crippen LogP) is 2.90. The number of amides is 2. The van der Waals surface area contributed by atoms with Gasteiger partial charge in [-0.05, 0) is 22.8 Å². The number of hydrogen-bond acceptors (Lipinski definition) is 2. The maximum Gasteiger partial charge on any atom is 0.270 e. The molecule has 4 rings (SSSR count). The van der Waals surface area contributed by atoms with Crippen LogP contribution in [0, 0.1) is 0 Å². The van der Waals surface area contributed by atoms with Crippen LogP contribution in [0.2, 0.25) is 0 Å². The summed E-state index contributed by atoms with van der Waals surface area (Å²) in [6, 6.07) is 20.0. The largest absolute Gasteiger partial charge is 0.366 e. The molecule has 1 aromatic heterocycles. The molecule has 0 bridgehead atoms. The van der Waals surface area contributed by atoms with E-state index in [-0.39, 0.29) is 11.8 Å². The Bertz CT molecular complexity index is 962. The van der Waals surface area contributed by atoms with Crippen molar-refractivity contribution in [2.24, 2.45) is 5.73 Å². The number of nitrogens with two attached hydrogens (primary N) is 1. The molecule has 26 heavy (non-hydrogen) atoms. The predicted molar refractivity (Wildman–Crippen MR) is 98.8 cm³/mol. The van der Waals surface area contributed by atoms with Crippen LogP contribution in [0.5, 0.6) is 0 Å². The molecule has 2 amide bonds. The number of nitrogens with one attached hydrogen (secondary N) is 1. The second kappa shape index (κ2) is 6.52. The number of carbonyl (C=O) groups excluding carboxylic acids is 2. The Labute approximate surface area is 151 Å². The summed E-state index contributed by atoms with van der Waals surface area (Å²) in [5.41, 5.74) is 9.55. The molecule has 0 aliphatic carbocycles. The molecule has 1 aliphatic rings. The monoisotopic (exact) mass is 345 g/mol. The maximum atomic E-state index is 13.0. The zero-order chi connectivity index (χ0) is 18.1. The van der Waals surface area contributed by atoms with E-state index in [4.69, 9.17) is 5.73 Å². The minimum absolute atomic E-state index is 0.121. The number of primary amides is 1. The molecule has 0 radical (unpaired) electrons. The molecule has 1 aliphatic heterocycles. The molecule has 5 heteroatoms. The van der Waals surface area contributed by atoms with E-state index < -0.39 is 5.91 Å². The van der Waals surface area contributed by atoms with Crippen LogP contribution in [0.25, 0.3) is 0 Å². The van der Waals surface area contributed by atoms with E-state index in [1.54, 1.807) is 0 Å². The number of aromatic nitrogens is 1. The summed E-state index contributed by atoms with van der Waals surface area (Å²) >= 11 is 0. The first-order valence-electron chi connectivity index (χ1n) is 8.53. The van der Waals surface area contributed by atoms with Crippen LogP contribution < -0.4 is 5.73 Å². The Hall–Kier alpha value is -3.34. The fourth-order valence-electron chi connectivity index (χ4n) is 3.56. The number of hydrogen-bond donors (Lipinski definition) is 2. The molecular weight excluding hydrogens is 326 g/mol. The highest BCUT2D eigenvalue weighted by Gasteiger charge is 2.30. The van der Waals surface area contributed by atoms with Crippen molar-refractivity contribution < 1.29 is 9.59 Å². The first-order valence-corrected chi connectivity index (χ1v) is 8.53. The molecule has 2 heterocycles. The first-order chi connectivity index (χ1) is 12.6. The summed E-state index contributed by atoms with van der Waals surface area (Å²) in [7, 11) is 0. The number of aromatic amines is 1. The maximum absolute atomic E-state index is 13.0. The summed E-state index contributed by atoms with van der Waals surface area (Å²) < 4.78 is 0. The van der Waals surface area contributed by atoms with E-state index in [1.165, 1.54) is 23.4 Å². The summed E-state index contributed by atoms with van der Waals surface area (Å²) in [5, 5.41) is 0. The third kappa shape index (κ3) is 2.88. The highest BCUT2D eigenvalue weighted by molar-refractivity contribution is 5.98. The quantitative estimate of drug-likeness (QED) is 0.765. The van der Waals surface area contributed by atoms with Gasteiger partial charge in [-0.15, -0.1) is 0 Å². The van der Waals surface area contributed by atoms with Crippen LogP contribution in [0.15, 0.2) is 66.9 Å². The summed E-state index contributed by atoms with van der Waals surface area (Å²) in [6.07, 6.45) is 1.47. The van der Waals surface area contributed by atoms with E-state index >= 15 is 0 Å². The molecular formula is C21H19N3O2. The summed E-state index contributed by atoms with van der Waals surface area (Å²) in [5.74, 6) is -0.560. The van der Waals surface area contributed by atoms with Crippen LogP contribution in [0.4, 0.5) is 0 Å². The van der Waals surface area contributed by atoms with Crippen molar-refractivity contribution in [2.45, 2.75) is 12.5 Å². The summed E-state index contributed by atoms with van der Waals surface area (Å²) in [6.45, 7) is 1.13. The molecule has 0 saturated carbocycles. The van der Waals surface area contributed by atoms with Crippen molar-refractivity contribution in [3.8, 4) is 0 Å². The van der Waals surface area contributed by atoms with E-state index in [2.05, 4.69) is 29.2 Å². The van der Waals surface area contributed by atoms with Crippen LogP contribution in [0.1, 0.15) is 43.5 Å². The van der Waals surface area contributed by atoms with Gasteiger partial charge < -0.3 is 15.6 Å². The average molecular weight is 345 g/mol. The number of nitrogens with zero attached hydrogens (tertiary/aromatic N) is 1. The van der Waals surface area contributed by atoms with Crippen molar-refractivity contribution in [3.63, 3.8) is 0 Å². The fraction of sp³-hybridized carbons (Fsp3) is 0.143. The van der Waals surface area contributed by atoms with Gasteiger partial charge >= 0.3 is 0 Å². The number of benzene rings is 2.